The number of unbranched alkanes of at least 4 members (excludes halogenated alkanes) is 1. The van der Waals surface area contributed by atoms with Crippen LogP contribution in [-0.4, -0.2) is 10.3 Å². The molecule has 1 fully saturated rings. The quantitative estimate of drug-likeness (QED) is 0.746. The molecule has 2 nitrogen and oxygen atoms in total. The Kier molecular flexibility index (Phi) is 2.95. The highest BCUT2D eigenvalue weighted by Crippen LogP contribution is 2.84. The van der Waals surface area contributed by atoms with Crippen molar-refractivity contribution in [2.75, 3.05) is 0 Å². The summed E-state index contributed by atoms with van der Waals surface area (Å²) in [6.45, 7) is 12.8. The molecule has 0 amide bonds. The van der Waals surface area contributed by atoms with Gasteiger partial charge in [-0.05, 0) is 11.8 Å². The Hall–Kier alpha value is 0.190. The van der Waals surface area contributed by atoms with E-state index >= 15 is 0 Å². The van der Waals surface area contributed by atoms with Gasteiger partial charge in [-0.2, -0.15) is 0 Å². The van der Waals surface area contributed by atoms with E-state index in [1.54, 1.807) is 0 Å². The lowest BCUT2D eigenvalue weighted by atomic mass is 9.64. The molecule has 1 heterocycles. The van der Waals surface area contributed by atoms with Crippen LogP contribution in [0.4, 0.5) is 0 Å². The van der Waals surface area contributed by atoms with Crippen LogP contribution in [0.3, 0.4) is 0 Å². The zero-order valence-electron chi connectivity index (χ0n) is 11.1. The predicted octanol–water partition coefficient (Wildman–Crippen LogP) is 3.99. The molecule has 0 radical (unpaired) electrons. The van der Waals surface area contributed by atoms with Gasteiger partial charge < -0.3 is 4.57 Å². The summed E-state index contributed by atoms with van der Waals surface area (Å²) < 4.78 is 12.5. The Morgan fingerprint density at radius 1 is 1.07 bits per heavy atom. The average molecular weight is 231 g/mol. The Morgan fingerprint density at radius 3 is 1.80 bits per heavy atom. The third kappa shape index (κ3) is 1.24. The minimum absolute atomic E-state index is 0.111. The second kappa shape index (κ2) is 3.34. The Morgan fingerprint density at radius 2 is 1.47 bits per heavy atom. The molecule has 0 aliphatic carbocycles. The average Bonchev–Trinajstić information content (AvgIpc) is 2.12. The molecule has 0 unspecified atom stereocenters. The lowest BCUT2D eigenvalue weighted by Gasteiger charge is -2.69. The molecule has 0 atom stereocenters. The van der Waals surface area contributed by atoms with E-state index in [4.69, 9.17) is 5.50 Å². The predicted molar refractivity (Wildman–Crippen MR) is 67.6 cm³/mol. The summed E-state index contributed by atoms with van der Waals surface area (Å²) in [5.74, 6) is 0. The van der Waals surface area contributed by atoms with Gasteiger partial charge in [0.1, 0.15) is 0 Å². The molecule has 0 saturated carbocycles. The highest BCUT2D eigenvalue weighted by atomic mass is 31.2. The van der Waals surface area contributed by atoms with E-state index in [9.17, 15) is 4.57 Å². The first-order chi connectivity index (χ1) is 6.56. The lowest BCUT2D eigenvalue weighted by molar-refractivity contribution is 0.0984. The minimum Gasteiger partial charge on any atom is -0.306 e. The molecule has 0 aromatic rings. The van der Waals surface area contributed by atoms with E-state index in [1.807, 2.05) is 0 Å². The SMILES string of the molecule is CCCCC1(C)C(C)(C)P(N)(=O)C1(C)C. The zero-order valence-corrected chi connectivity index (χ0v) is 11.9. The highest BCUT2D eigenvalue weighted by molar-refractivity contribution is 7.66. The molecule has 0 bridgehead atoms. The summed E-state index contributed by atoms with van der Waals surface area (Å²) in [4.78, 5) is 0. The largest absolute Gasteiger partial charge is 0.306 e. The van der Waals surface area contributed by atoms with Crippen molar-refractivity contribution in [1.82, 2.24) is 0 Å². The van der Waals surface area contributed by atoms with Crippen LogP contribution >= 0.6 is 7.29 Å². The maximum absolute atomic E-state index is 12.5. The van der Waals surface area contributed by atoms with Gasteiger partial charge in [0.2, 0.25) is 0 Å². The lowest BCUT2D eigenvalue weighted by Crippen LogP contribution is -2.68. The molecule has 0 aromatic heterocycles. The summed E-state index contributed by atoms with van der Waals surface area (Å²) in [5.41, 5.74) is 6.19. The molecule has 15 heavy (non-hydrogen) atoms. The first-order valence-corrected chi connectivity index (χ1v) is 7.72. The van der Waals surface area contributed by atoms with Crippen LogP contribution in [0.2, 0.25) is 0 Å². The fourth-order valence-corrected chi connectivity index (χ4v) is 6.75. The van der Waals surface area contributed by atoms with Gasteiger partial charge in [0.15, 0.2) is 7.29 Å². The van der Waals surface area contributed by atoms with Gasteiger partial charge in [-0.15, -0.1) is 0 Å². The topological polar surface area (TPSA) is 43.1 Å². The highest BCUT2D eigenvalue weighted by Gasteiger charge is 2.74. The smallest absolute Gasteiger partial charge is 0.157 e. The van der Waals surface area contributed by atoms with E-state index < -0.39 is 7.29 Å². The molecule has 1 aliphatic heterocycles. The molecular weight excluding hydrogens is 205 g/mol. The fraction of sp³-hybridized carbons (Fsp3) is 1.00. The molecule has 90 valence electrons. The van der Waals surface area contributed by atoms with Gasteiger partial charge in [0.25, 0.3) is 0 Å². The van der Waals surface area contributed by atoms with Crippen LogP contribution in [0.5, 0.6) is 0 Å². The van der Waals surface area contributed by atoms with E-state index in [1.165, 1.54) is 12.8 Å². The number of rotatable bonds is 3. The molecule has 3 heteroatoms. The Labute approximate surface area is 94.4 Å². The van der Waals surface area contributed by atoms with Crippen molar-refractivity contribution in [2.24, 2.45) is 10.9 Å². The molecule has 1 saturated heterocycles. The molecule has 1 rings (SSSR count). The molecular formula is C12H26NOP. The summed E-state index contributed by atoms with van der Waals surface area (Å²) >= 11 is 0. The normalized spacial score (nSPS) is 42.3. The van der Waals surface area contributed by atoms with E-state index in [0.29, 0.717) is 0 Å². The summed E-state index contributed by atoms with van der Waals surface area (Å²) in [5, 5.41) is -0.419. The van der Waals surface area contributed by atoms with Crippen molar-refractivity contribution in [3.63, 3.8) is 0 Å². The van der Waals surface area contributed by atoms with Crippen molar-refractivity contribution in [1.29, 1.82) is 0 Å². The third-order valence-electron chi connectivity index (χ3n) is 5.39. The first kappa shape index (κ1) is 13.3. The van der Waals surface area contributed by atoms with Crippen molar-refractivity contribution < 1.29 is 4.57 Å². The fourth-order valence-electron chi connectivity index (χ4n) is 3.27. The van der Waals surface area contributed by atoms with Gasteiger partial charge >= 0.3 is 0 Å². The standard InChI is InChI=1S/C12H26NOP/c1-7-8-9-12(6)10(2,3)15(13,14)11(12,4)5/h7-9H2,1-6H3,(H2,13,14). The van der Waals surface area contributed by atoms with Gasteiger partial charge in [0.05, 0.1) is 0 Å². The molecule has 1 aliphatic rings. The molecule has 0 aromatic carbocycles. The van der Waals surface area contributed by atoms with Crippen LogP contribution in [0, 0.1) is 5.41 Å². The van der Waals surface area contributed by atoms with Crippen molar-refractivity contribution in [2.45, 2.75) is 71.1 Å². The summed E-state index contributed by atoms with van der Waals surface area (Å²) in [6.07, 6.45) is 3.52. The first-order valence-electron chi connectivity index (χ1n) is 5.95. The molecule has 2 N–H and O–H groups in total. The second-order valence-electron chi connectivity index (χ2n) is 6.21. The van der Waals surface area contributed by atoms with Crippen molar-refractivity contribution in [3.8, 4) is 0 Å². The Bertz CT molecular complexity index is 287. The van der Waals surface area contributed by atoms with Gasteiger partial charge in [-0.1, -0.05) is 54.4 Å². The van der Waals surface area contributed by atoms with Crippen LogP contribution in [0.25, 0.3) is 0 Å². The zero-order chi connectivity index (χ0) is 12.1. The van der Waals surface area contributed by atoms with Gasteiger partial charge in [-0.3, -0.25) is 5.50 Å². The third-order valence-corrected chi connectivity index (χ3v) is 9.70. The van der Waals surface area contributed by atoms with E-state index in [0.717, 1.165) is 6.42 Å². The molecule has 0 spiro atoms. The maximum Gasteiger partial charge on any atom is 0.157 e. The van der Waals surface area contributed by atoms with Crippen LogP contribution < -0.4 is 5.50 Å². The van der Waals surface area contributed by atoms with Crippen LogP contribution in [0.1, 0.15) is 60.8 Å². The number of nitrogens with two attached hydrogens (primary N) is 1. The summed E-state index contributed by atoms with van der Waals surface area (Å²) in [7, 11) is -2.53. The maximum atomic E-state index is 12.5. The Balaban J connectivity index is 3.06. The van der Waals surface area contributed by atoms with Crippen LogP contribution in [0.15, 0.2) is 0 Å². The van der Waals surface area contributed by atoms with Gasteiger partial charge in [0, 0.05) is 10.3 Å². The number of hydrogen-bond donors (Lipinski definition) is 1. The monoisotopic (exact) mass is 231 g/mol. The van der Waals surface area contributed by atoms with Crippen molar-refractivity contribution >= 4 is 7.29 Å². The second-order valence-corrected chi connectivity index (χ2v) is 9.76. The van der Waals surface area contributed by atoms with Gasteiger partial charge in [-0.25, -0.2) is 0 Å². The number of hydrogen-bond acceptors (Lipinski definition) is 1. The van der Waals surface area contributed by atoms with E-state index in [-0.39, 0.29) is 15.7 Å². The van der Waals surface area contributed by atoms with E-state index in [2.05, 4.69) is 41.5 Å². The summed E-state index contributed by atoms with van der Waals surface area (Å²) in [6, 6.07) is 0. The van der Waals surface area contributed by atoms with Crippen LogP contribution in [-0.2, 0) is 4.57 Å². The van der Waals surface area contributed by atoms with Crippen molar-refractivity contribution in [3.05, 3.63) is 0 Å². The minimum atomic E-state index is -2.53.